The number of fused-ring (bicyclic) bond motifs is 2. The summed E-state index contributed by atoms with van der Waals surface area (Å²) in [6, 6.07) is -0.0521. The summed E-state index contributed by atoms with van der Waals surface area (Å²) in [4.78, 5) is 23.8. The molecule has 1 heterocycles. The molecule has 13 heavy (non-hydrogen) atoms. The first-order valence-electron chi connectivity index (χ1n) is 4.58. The summed E-state index contributed by atoms with van der Waals surface area (Å²) >= 11 is 0. The number of likely N-dealkylation sites (tertiary alicyclic amines) is 1. The summed E-state index contributed by atoms with van der Waals surface area (Å²) in [7, 11) is 1.71. The summed E-state index contributed by atoms with van der Waals surface area (Å²) in [5, 5.41) is 8.93. The van der Waals surface area contributed by atoms with Gasteiger partial charge in [-0.05, 0) is 18.8 Å². The van der Waals surface area contributed by atoms with Crippen LogP contribution in [-0.4, -0.2) is 35.0 Å². The van der Waals surface area contributed by atoms with E-state index in [0.717, 1.165) is 6.42 Å². The minimum absolute atomic E-state index is 0.0521. The van der Waals surface area contributed by atoms with E-state index in [0.29, 0.717) is 18.8 Å². The van der Waals surface area contributed by atoms with Crippen LogP contribution >= 0.6 is 0 Å². The Kier molecular flexibility index (Phi) is 1.78. The van der Waals surface area contributed by atoms with Gasteiger partial charge >= 0.3 is 5.97 Å². The number of piperidine rings is 1. The van der Waals surface area contributed by atoms with E-state index in [4.69, 9.17) is 5.11 Å². The predicted octanol–water partition coefficient (Wildman–Crippen LogP) is 0.328. The number of carbonyl (C=O) groups excluding carboxylic acids is 1. The average Bonchev–Trinajstić information content (AvgIpc) is 2.41. The molecule has 0 radical (unpaired) electrons. The summed E-state index contributed by atoms with van der Waals surface area (Å²) in [5.74, 6) is -0.671. The van der Waals surface area contributed by atoms with Gasteiger partial charge in [0.05, 0.1) is 5.92 Å². The van der Waals surface area contributed by atoms with E-state index in [2.05, 4.69) is 0 Å². The Labute approximate surface area is 76.5 Å². The first kappa shape index (κ1) is 8.53. The van der Waals surface area contributed by atoms with Crippen LogP contribution in [0.15, 0.2) is 0 Å². The molecule has 1 saturated heterocycles. The number of nitrogens with zero attached hydrogens (tertiary/aromatic N) is 1. The summed E-state index contributed by atoms with van der Waals surface area (Å²) < 4.78 is 0. The molecule has 0 aromatic rings. The molecule has 1 aliphatic carbocycles. The quantitative estimate of drug-likeness (QED) is 0.637. The van der Waals surface area contributed by atoms with Crippen LogP contribution in [0.4, 0.5) is 0 Å². The largest absolute Gasteiger partial charge is 0.481 e. The Morgan fingerprint density at radius 3 is 2.85 bits per heavy atom. The maximum atomic E-state index is 11.4. The Balaban J connectivity index is 2.21. The lowest BCUT2D eigenvalue weighted by atomic mass is 9.99. The fourth-order valence-electron chi connectivity index (χ4n) is 2.55. The maximum Gasteiger partial charge on any atom is 0.308 e. The van der Waals surface area contributed by atoms with E-state index in [-0.39, 0.29) is 17.9 Å². The van der Waals surface area contributed by atoms with E-state index >= 15 is 0 Å². The lowest BCUT2D eigenvalue weighted by Crippen LogP contribution is -2.43. The highest BCUT2D eigenvalue weighted by atomic mass is 16.4. The summed E-state index contributed by atoms with van der Waals surface area (Å²) in [6.45, 7) is 0. The van der Waals surface area contributed by atoms with Crippen molar-refractivity contribution >= 4 is 11.9 Å². The van der Waals surface area contributed by atoms with Crippen LogP contribution < -0.4 is 0 Å². The van der Waals surface area contributed by atoms with Gasteiger partial charge in [0.1, 0.15) is 0 Å². The van der Waals surface area contributed by atoms with Crippen LogP contribution in [0.2, 0.25) is 0 Å². The molecule has 72 valence electrons. The van der Waals surface area contributed by atoms with Crippen LogP contribution in [-0.2, 0) is 9.59 Å². The zero-order chi connectivity index (χ0) is 9.59. The van der Waals surface area contributed by atoms with E-state index in [1.807, 2.05) is 0 Å². The van der Waals surface area contributed by atoms with Crippen molar-refractivity contribution in [3.05, 3.63) is 0 Å². The molecular weight excluding hydrogens is 170 g/mol. The fraction of sp³-hybridized carbons (Fsp3) is 0.778. The van der Waals surface area contributed by atoms with E-state index in [9.17, 15) is 9.59 Å². The molecule has 2 aliphatic rings. The normalized spacial score (nSPS) is 38.1. The molecule has 4 heteroatoms. The third kappa shape index (κ3) is 1.20. The second kappa shape index (κ2) is 2.72. The molecule has 4 nitrogen and oxygen atoms in total. The number of carbonyl (C=O) groups is 2. The van der Waals surface area contributed by atoms with Gasteiger partial charge in [0.25, 0.3) is 0 Å². The van der Waals surface area contributed by atoms with Gasteiger partial charge in [-0.2, -0.15) is 0 Å². The number of rotatable bonds is 1. The first-order valence-corrected chi connectivity index (χ1v) is 4.58. The molecular formula is C9H13NO3. The van der Waals surface area contributed by atoms with Gasteiger partial charge in [0.15, 0.2) is 0 Å². The minimum atomic E-state index is -0.756. The molecule has 1 amide bonds. The number of hydrogen-bond acceptors (Lipinski definition) is 2. The van der Waals surface area contributed by atoms with Crippen molar-refractivity contribution in [3.8, 4) is 0 Å². The van der Waals surface area contributed by atoms with Crippen molar-refractivity contribution in [2.75, 3.05) is 7.05 Å². The molecule has 0 aromatic carbocycles. The zero-order valence-electron chi connectivity index (χ0n) is 7.56. The highest BCUT2D eigenvalue weighted by molar-refractivity contribution is 5.80. The van der Waals surface area contributed by atoms with Gasteiger partial charge < -0.3 is 10.0 Å². The molecule has 0 unspecified atom stereocenters. The van der Waals surface area contributed by atoms with E-state index < -0.39 is 5.97 Å². The van der Waals surface area contributed by atoms with Crippen LogP contribution in [0, 0.1) is 11.8 Å². The first-order chi connectivity index (χ1) is 6.09. The monoisotopic (exact) mass is 183 g/mol. The van der Waals surface area contributed by atoms with Crippen molar-refractivity contribution in [1.82, 2.24) is 4.90 Å². The van der Waals surface area contributed by atoms with E-state index in [1.165, 1.54) is 0 Å². The van der Waals surface area contributed by atoms with Crippen LogP contribution in [0.1, 0.15) is 19.3 Å². The maximum absolute atomic E-state index is 11.4. The van der Waals surface area contributed by atoms with Crippen molar-refractivity contribution < 1.29 is 14.7 Å². The Hall–Kier alpha value is -1.06. The lowest BCUT2D eigenvalue weighted by molar-refractivity contribution is -0.144. The predicted molar refractivity (Wildman–Crippen MR) is 45.0 cm³/mol. The molecule has 1 N–H and O–H groups in total. The average molecular weight is 183 g/mol. The molecule has 1 aliphatic heterocycles. The van der Waals surface area contributed by atoms with Crippen molar-refractivity contribution in [2.45, 2.75) is 25.3 Å². The minimum Gasteiger partial charge on any atom is -0.481 e. The van der Waals surface area contributed by atoms with E-state index in [1.54, 1.807) is 11.9 Å². The molecule has 3 atom stereocenters. The second-order valence-corrected chi connectivity index (χ2v) is 4.06. The number of carboxylic acid groups (broad SMARTS) is 1. The Morgan fingerprint density at radius 2 is 2.23 bits per heavy atom. The van der Waals surface area contributed by atoms with Gasteiger partial charge in [-0.25, -0.2) is 0 Å². The third-order valence-electron chi connectivity index (χ3n) is 3.30. The molecule has 2 bridgehead atoms. The highest BCUT2D eigenvalue weighted by Crippen LogP contribution is 2.40. The highest BCUT2D eigenvalue weighted by Gasteiger charge is 2.46. The fourth-order valence-corrected chi connectivity index (χ4v) is 2.55. The Bertz CT molecular complexity index is 264. The molecule has 2 fully saturated rings. The molecule has 0 spiro atoms. The van der Waals surface area contributed by atoms with Crippen LogP contribution in [0.3, 0.4) is 0 Å². The smallest absolute Gasteiger partial charge is 0.308 e. The topological polar surface area (TPSA) is 57.6 Å². The number of carboxylic acids is 1. The number of hydrogen-bond donors (Lipinski definition) is 1. The lowest BCUT2D eigenvalue weighted by Gasteiger charge is -2.30. The number of amides is 1. The van der Waals surface area contributed by atoms with Crippen molar-refractivity contribution in [1.29, 1.82) is 0 Å². The van der Waals surface area contributed by atoms with Gasteiger partial charge in [-0.3, -0.25) is 9.59 Å². The van der Waals surface area contributed by atoms with Gasteiger partial charge in [-0.15, -0.1) is 0 Å². The molecule has 1 saturated carbocycles. The summed E-state index contributed by atoms with van der Waals surface area (Å²) in [5.41, 5.74) is 0. The third-order valence-corrected chi connectivity index (χ3v) is 3.30. The van der Waals surface area contributed by atoms with Gasteiger partial charge in [0.2, 0.25) is 5.91 Å². The molecule has 2 rings (SSSR count). The van der Waals surface area contributed by atoms with Crippen molar-refractivity contribution in [2.24, 2.45) is 11.8 Å². The standard InChI is InChI=1S/C9H13NO3/c1-10-7-3-5(4-8(10)11)2-6(7)9(12)13/h5-7H,2-4H2,1H3,(H,12,13)/t5-,6+,7-/m0/s1. The SMILES string of the molecule is CN1C(=O)C[C@H]2C[C@@H](C(=O)O)[C@@H]1C2. The number of aliphatic carboxylic acids is 1. The molecule has 0 aromatic heterocycles. The van der Waals surface area contributed by atoms with Gasteiger partial charge in [-0.1, -0.05) is 0 Å². The van der Waals surface area contributed by atoms with Gasteiger partial charge in [0, 0.05) is 19.5 Å². The Morgan fingerprint density at radius 1 is 1.54 bits per heavy atom. The van der Waals surface area contributed by atoms with Crippen molar-refractivity contribution in [3.63, 3.8) is 0 Å². The van der Waals surface area contributed by atoms with Crippen LogP contribution in [0.25, 0.3) is 0 Å². The second-order valence-electron chi connectivity index (χ2n) is 4.06. The zero-order valence-corrected chi connectivity index (χ0v) is 7.56. The van der Waals surface area contributed by atoms with Crippen LogP contribution in [0.5, 0.6) is 0 Å². The summed E-state index contributed by atoms with van der Waals surface area (Å²) in [6.07, 6.45) is 2.09.